The zero-order valence-electron chi connectivity index (χ0n) is 16.0. The van der Waals surface area contributed by atoms with Gasteiger partial charge in [0.15, 0.2) is 0 Å². The molecule has 0 aliphatic carbocycles. The Morgan fingerprint density at radius 3 is 2.34 bits per heavy atom. The zero-order chi connectivity index (χ0) is 21.0. The van der Waals surface area contributed by atoms with Crippen LogP contribution in [0.15, 0.2) is 70.3 Å². The highest BCUT2D eigenvalue weighted by Crippen LogP contribution is 2.26. The van der Waals surface area contributed by atoms with Crippen LogP contribution in [-0.4, -0.2) is 20.9 Å². The van der Waals surface area contributed by atoms with Crippen molar-refractivity contribution in [3.8, 4) is 0 Å². The van der Waals surface area contributed by atoms with Gasteiger partial charge >= 0.3 is 0 Å². The maximum absolute atomic E-state index is 13.3. The Labute approximate surface area is 173 Å². The molecule has 0 fully saturated rings. The summed E-state index contributed by atoms with van der Waals surface area (Å²) in [5, 5.41) is 4.48. The van der Waals surface area contributed by atoms with Gasteiger partial charge in [0.1, 0.15) is 16.6 Å². The molecule has 152 valence electrons. The van der Waals surface area contributed by atoms with Crippen LogP contribution in [-0.2, 0) is 14.8 Å². The van der Waals surface area contributed by atoms with Crippen molar-refractivity contribution in [1.82, 2.24) is 5.32 Å². The highest BCUT2D eigenvalue weighted by atomic mass is 32.2. The van der Waals surface area contributed by atoms with E-state index >= 15 is 0 Å². The summed E-state index contributed by atoms with van der Waals surface area (Å²) in [5.41, 5.74) is 2.24. The molecule has 1 aromatic heterocycles. The third-order valence-electron chi connectivity index (χ3n) is 4.40. The number of halogens is 1. The lowest BCUT2D eigenvalue weighted by Crippen LogP contribution is -2.41. The first-order valence-electron chi connectivity index (χ1n) is 8.95. The Balaban J connectivity index is 1.84. The number of hydrogen-bond donors (Lipinski definition) is 1. The van der Waals surface area contributed by atoms with Crippen molar-refractivity contribution in [2.75, 3.05) is 10.8 Å². The summed E-state index contributed by atoms with van der Waals surface area (Å²) in [6, 6.07) is 15.6. The molecule has 0 aliphatic rings. The zero-order valence-corrected chi connectivity index (χ0v) is 17.6. The number of thiophene rings is 1. The van der Waals surface area contributed by atoms with Gasteiger partial charge in [0.25, 0.3) is 10.0 Å². The summed E-state index contributed by atoms with van der Waals surface area (Å²) >= 11 is 1.06. The number of aryl methyl sites for hydroxylation is 1. The van der Waals surface area contributed by atoms with Crippen molar-refractivity contribution in [3.63, 3.8) is 0 Å². The summed E-state index contributed by atoms with van der Waals surface area (Å²) in [4.78, 5) is 12.7. The van der Waals surface area contributed by atoms with Crippen LogP contribution in [0.5, 0.6) is 0 Å². The van der Waals surface area contributed by atoms with Crippen molar-refractivity contribution in [3.05, 3.63) is 83.0 Å². The molecular weight excluding hydrogens is 411 g/mol. The summed E-state index contributed by atoms with van der Waals surface area (Å²) in [6.07, 6.45) is 0. The van der Waals surface area contributed by atoms with Gasteiger partial charge in [0.05, 0.1) is 11.7 Å². The molecule has 3 aromatic rings. The molecule has 0 spiro atoms. The SMILES string of the molecule is Cc1ccc(C(C)NC(=O)CN(c2ccc(F)cc2)S(=O)(=O)c2cccs2)cc1. The van der Waals surface area contributed by atoms with Crippen LogP contribution in [0.1, 0.15) is 24.1 Å². The first-order chi connectivity index (χ1) is 13.8. The van der Waals surface area contributed by atoms with Crippen molar-refractivity contribution in [1.29, 1.82) is 0 Å². The Morgan fingerprint density at radius 2 is 1.76 bits per heavy atom. The van der Waals surface area contributed by atoms with Gasteiger partial charge in [-0.1, -0.05) is 35.9 Å². The molecule has 0 radical (unpaired) electrons. The van der Waals surface area contributed by atoms with Crippen LogP contribution >= 0.6 is 11.3 Å². The summed E-state index contributed by atoms with van der Waals surface area (Å²) < 4.78 is 40.6. The minimum absolute atomic E-state index is 0.112. The minimum Gasteiger partial charge on any atom is -0.348 e. The van der Waals surface area contributed by atoms with Crippen LogP contribution in [0.25, 0.3) is 0 Å². The predicted octanol–water partition coefficient (Wildman–Crippen LogP) is 4.27. The number of sulfonamides is 1. The number of nitrogens with zero attached hydrogens (tertiary/aromatic N) is 1. The molecular formula is C21H21FN2O3S2. The number of benzene rings is 2. The van der Waals surface area contributed by atoms with Gasteiger partial charge in [0.2, 0.25) is 5.91 Å². The Hall–Kier alpha value is -2.71. The van der Waals surface area contributed by atoms with Gasteiger partial charge < -0.3 is 5.32 Å². The minimum atomic E-state index is -3.96. The number of carbonyl (C=O) groups is 1. The van der Waals surface area contributed by atoms with Crippen molar-refractivity contribution in [2.24, 2.45) is 0 Å². The van der Waals surface area contributed by atoms with Crippen LogP contribution in [0, 0.1) is 12.7 Å². The van der Waals surface area contributed by atoms with Crippen LogP contribution in [0.4, 0.5) is 10.1 Å². The molecule has 1 N–H and O–H groups in total. The van der Waals surface area contributed by atoms with Gasteiger partial charge in [-0.05, 0) is 55.1 Å². The van der Waals surface area contributed by atoms with E-state index in [1.165, 1.54) is 30.3 Å². The third-order valence-corrected chi connectivity index (χ3v) is 7.54. The topological polar surface area (TPSA) is 66.5 Å². The van der Waals surface area contributed by atoms with Crippen molar-refractivity contribution in [2.45, 2.75) is 24.1 Å². The molecule has 1 unspecified atom stereocenters. The molecule has 1 atom stereocenters. The smallest absolute Gasteiger partial charge is 0.274 e. The summed E-state index contributed by atoms with van der Waals surface area (Å²) in [7, 11) is -3.96. The lowest BCUT2D eigenvalue weighted by atomic mass is 10.1. The van der Waals surface area contributed by atoms with E-state index in [4.69, 9.17) is 0 Å². The van der Waals surface area contributed by atoms with Crippen LogP contribution in [0.2, 0.25) is 0 Å². The highest BCUT2D eigenvalue weighted by Gasteiger charge is 2.28. The second-order valence-electron chi connectivity index (χ2n) is 6.62. The molecule has 5 nitrogen and oxygen atoms in total. The van der Waals surface area contributed by atoms with Gasteiger partial charge in [0, 0.05) is 0 Å². The van der Waals surface area contributed by atoms with Crippen LogP contribution < -0.4 is 9.62 Å². The van der Waals surface area contributed by atoms with Gasteiger partial charge in [-0.15, -0.1) is 11.3 Å². The molecule has 0 bridgehead atoms. The fraction of sp³-hybridized carbons (Fsp3) is 0.190. The monoisotopic (exact) mass is 432 g/mol. The lowest BCUT2D eigenvalue weighted by molar-refractivity contribution is -0.120. The first kappa shape index (κ1) is 21.0. The number of amides is 1. The quantitative estimate of drug-likeness (QED) is 0.606. The van der Waals surface area contributed by atoms with E-state index in [2.05, 4.69) is 5.32 Å². The lowest BCUT2D eigenvalue weighted by Gasteiger charge is -2.24. The molecule has 0 aliphatic heterocycles. The predicted molar refractivity (Wildman–Crippen MR) is 113 cm³/mol. The number of rotatable bonds is 7. The average molecular weight is 433 g/mol. The highest BCUT2D eigenvalue weighted by molar-refractivity contribution is 7.94. The summed E-state index contributed by atoms with van der Waals surface area (Å²) in [5.74, 6) is -0.942. The van der Waals surface area contributed by atoms with E-state index in [1.54, 1.807) is 11.4 Å². The molecule has 29 heavy (non-hydrogen) atoms. The Morgan fingerprint density at radius 1 is 1.10 bits per heavy atom. The van der Waals surface area contributed by atoms with Gasteiger partial charge in [-0.25, -0.2) is 12.8 Å². The molecule has 1 amide bonds. The molecule has 3 rings (SSSR count). The molecule has 2 aromatic carbocycles. The third kappa shape index (κ3) is 5.02. The van der Waals surface area contributed by atoms with E-state index in [0.29, 0.717) is 0 Å². The van der Waals surface area contributed by atoms with E-state index in [1.807, 2.05) is 38.1 Å². The maximum atomic E-state index is 13.3. The fourth-order valence-electron chi connectivity index (χ4n) is 2.80. The van der Waals surface area contributed by atoms with E-state index in [0.717, 1.165) is 26.8 Å². The van der Waals surface area contributed by atoms with Gasteiger partial charge in [-0.2, -0.15) is 0 Å². The number of anilines is 1. The maximum Gasteiger partial charge on any atom is 0.274 e. The van der Waals surface area contributed by atoms with E-state index in [-0.39, 0.29) is 15.9 Å². The molecule has 1 heterocycles. The van der Waals surface area contributed by atoms with Crippen molar-refractivity contribution >= 4 is 33.0 Å². The Kier molecular flexibility index (Phi) is 6.34. The number of carbonyl (C=O) groups excluding carboxylic acids is 1. The molecule has 0 saturated carbocycles. The standard InChI is InChI=1S/C21H21FN2O3S2/c1-15-5-7-17(8-6-15)16(2)23-20(25)14-24(19-11-9-18(22)10-12-19)29(26,27)21-4-3-13-28-21/h3-13,16H,14H2,1-2H3,(H,23,25). The van der Waals surface area contributed by atoms with Crippen molar-refractivity contribution < 1.29 is 17.6 Å². The second kappa shape index (κ2) is 8.75. The molecule has 0 saturated heterocycles. The average Bonchev–Trinajstić information content (AvgIpc) is 3.23. The second-order valence-corrected chi connectivity index (χ2v) is 9.66. The first-order valence-corrected chi connectivity index (χ1v) is 11.3. The van der Waals surface area contributed by atoms with Gasteiger partial charge in [-0.3, -0.25) is 9.10 Å². The van der Waals surface area contributed by atoms with E-state index in [9.17, 15) is 17.6 Å². The Bertz CT molecular complexity index is 1060. The number of nitrogens with one attached hydrogen (secondary N) is 1. The number of hydrogen-bond acceptors (Lipinski definition) is 4. The van der Waals surface area contributed by atoms with E-state index < -0.39 is 28.3 Å². The summed E-state index contributed by atoms with van der Waals surface area (Å²) in [6.45, 7) is 3.39. The largest absolute Gasteiger partial charge is 0.348 e. The van der Waals surface area contributed by atoms with Crippen LogP contribution in [0.3, 0.4) is 0 Å². The normalized spacial score (nSPS) is 12.4. The molecule has 8 heteroatoms. The fourth-order valence-corrected chi connectivity index (χ4v) is 5.32.